The highest BCUT2D eigenvalue weighted by molar-refractivity contribution is 5.83. The minimum absolute atomic E-state index is 0.0263. The number of piperidine rings is 1. The number of carbonyl (C=O) groups is 1. The summed E-state index contributed by atoms with van der Waals surface area (Å²) in [6.45, 7) is 5.02. The molecule has 1 amide bonds. The molecule has 0 aromatic heterocycles. The highest BCUT2D eigenvalue weighted by Crippen LogP contribution is 2.33. The van der Waals surface area contributed by atoms with E-state index in [9.17, 15) is 9.90 Å². The maximum absolute atomic E-state index is 12.5. The number of nitrogens with zero attached hydrogens (tertiary/aromatic N) is 1. The molecule has 6 heteroatoms. The fourth-order valence-electron chi connectivity index (χ4n) is 2.98. The topological polar surface area (TPSA) is 90.6 Å². The van der Waals surface area contributed by atoms with E-state index in [1.54, 1.807) is 4.90 Å². The van der Waals surface area contributed by atoms with Crippen molar-refractivity contribution in [2.45, 2.75) is 38.3 Å². The summed E-state index contributed by atoms with van der Waals surface area (Å²) >= 11 is 0. The molecule has 0 spiro atoms. The molecule has 2 unspecified atom stereocenters. The van der Waals surface area contributed by atoms with Crippen LogP contribution in [0.4, 0.5) is 0 Å². The Morgan fingerprint density at radius 2 is 2.22 bits per heavy atom. The maximum Gasteiger partial charge on any atom is 0.241 e. The number of rotatable bonds is 3. The Bertz CT molecular complexity index is 304. The summed E-state index contributed by atoms with van der Waals surface area (Å²) in [5.41, 5.74) is 2.60. The normalized spacial score (nSPS) is 29.3. The molecule has 2 saturated heterocycles. The van der Waals surface area contributed by atoms with Crippen LogP contribution in [0.5, 0.6) is 0 Å². The van der Waals surface area contributed by atoms with Crippen molar-refractivity contribution in [2.75, 3.05) is 26.2 Å². The largest absolute Gasteiger partial charge is 0.391 e. The lowest BCUT2D eigenvalue weighted by atomic mass is 9.74. The number of amides is 1. The van der Waals surface area contributed by atoms with E-state index < -0.39 is 0 Å². The van der Waals surface area contributed by atoms with E-state index in [1.807, 2.05) is 0 Å². The number of hydrogen-bond donors (Lipinski definition) is 4. The van der Waals surface area contributed by atoms with Crippen molar-refractivity contribution >= 4 is 5.91 Å². The van der Waals surface area contributed by atoms with Gasteiger partial charge in [0.05, 0.1) is 6.10 Å². The molecular weight excluding hydrogens is 232 g/mol. The van der Waals surface area contributed by atoms with Gasteiger partial charge in [0.1, 0.15) is 6.04 Å². The molecule has 18 heavy (non-hydrogen) atoms. The summed E-state index contributed by atoms with van der Waals surface area (Å²) < 4.78 is 0. The third-order valence-electron chi connectivity index (χ3n) is 4.33. The molecule has 0 aromatic carbocycles. The Hall–Kier alpha value is -0.690. The lowest BCUT2D eigenvalue weighted by Crippen LogP contribution is -2.59. The zero-order valence-corrected chi connectivity index (χ0v) is 11.0. The second kappa shape index (κ2) is 5.52. The third-order valence-corrected chi connectivity index (χ3v) is 4.33. The fraction of sp³-hybridized carbons (Fsp3) is 0.917. The van der Waals surface area contributed by atoms with E-state index >= 15 is 0 Å². The maximum atomic E-state index is 12.5. The summed E-state index contributed by atoms with van der Waals surface area (Å²) in [7, 11) is 0. The van der Waals surface area contributed by atoms with Crippen molar-refractivity contribution in [3.8, 4) is 0 Å². The molecule has 0 aromatic rings. The highest BCUT2D eigenvalue weighted by atomic mass is 16.3. The third kappa shape index (κ3) is 2.66. The van der Waals surface area contributed by atoms with Gasteiger partial charge in [-0.3, -0.25) is 10.6 Å². The van der Waals surface area contributed by atoms with Crippen molar-refractivity contribution in [3.05, 3.63) is 0 Å². The number of carbonyl (C=O) groups excluding carboxylic acids is 1. The molecular formula is C12H24N4O2. The summed E-state index contributed by atoms with van der Waals surface area (Å²) in [4.78, 5) is 14.2. The van der Waals surface area contributed by atoms with Gasteiger partial charge in [-0.25, -0.2) is 5.43 Å². The minimum atomic E-state index is -0.381. The van der Waals surface area contributed by atoms with Gasteiger partial charge in [0.2, 0.25) is 5.91 Å². The first kappa shape index (κ1) is 13.7. The Morgan fingerprint density at radius 3 is 2.72 bits per heavy atom. The van der Waals surface area contributed by atoms with Gasteiger partial charge in [-0.1, -0.05) is 6.92 Å². The molecule has 0 radical (unpaired) electrons. The number of β-amino-alcohol motifs (C(OH)–C–C–N with tert-alkyl or cyclic N) is 1. The summed E-state index contributed by atoms with van der Waals surface area (Å²) in [5.74, 6) is 5.64. The average molecular weight is 256 g/mol. The van der Waals surface area contributed by atoms with Crippen molar-refractivity contribution in [1.82, 2.24) is 15.6 Å². The van der Waals surface area contributed by atoms with Gasteiger partial charge in [-0.15, -0.1) is 0 Å². The van der Waals surface area contributed by atoms with E-state index in [2.05, 4.69) is 17.7 Å². The Morgan fingerprint density at radius 1 is 1.56 bits per heavy atom. The molecule has 104 valence electrons. The molecule has 2 aliphatic rings. The number of aliphatic hydroxyl groups is 1. The molecule has 0 saturated carbocycles. The van der Waals surface area contributed by atoms with Crippen LogP contribution < -0.4 is 16.6 Å². The van der Waals surface area contributed by atoms with Crippen molar-refractivity contribution < 1.29 is 9.90 Å². The van der Waals surface area contributed by atoms with Gasteiger partial charge < -0.3 is 15.3 Å². The second-order valence-corrected chi connectivity index (χ2v) is 5.73. The van der Waals surface area contributed by atoms with Crippen LogP contribution in [-0.2, 0) is 4.79 Å². The van der Waals surface area contributed by atoms with Crippen LogP contribution in [0, 0.1) is 5.41 Å². The molecule has 2 aliphatic heterocycles. The molecule has 0 bridgehead atoms. The van der Waals surface area contributed by atoms with Crippen molar-refractivity contribution in [2.24, 2.45) is 11.3 Å². The number of hydrazine groups is 1. The lowest BCUT2D eigenvalue weighted by Gasteiger charge is -2.41. The van der Waals surface area contributed by atoms with Gasteiger partial charge in [0, 0.05) is 13.1 Å². The van der Waals surface area contributed by atoms with E-state index in [0.717, 1.165) is 25.9 Å². The average Bonchev–Trinajstić information content (AvgIpc) is 2.77. The minimum Gasteiger partial charge on any atom is -0.391 e. The lowest BCUT2D eigenvalue weighted by molar-refractivity contribution is -0.136. The Balaban J connectivity index is 2.05. The molecule has 0 aliphatic carbocycles. The zero-order valence-electron chi connectivity index (χ0n) is 11.0. The predicted molar refractivity (Wildman–Crippen MR) is 68.5 cm³/mol. The molecule has 2 atom stereocenters. The molecule has 2 rings (SSSR count). The van der Waals surface area contributed by atoms with Crippen LogP contribution in [0.1, 0.15) is 26.2 Å². The number of nitrogens with two attached hydrogens (primary N) is 1. The SMILES string of the molecule is CC1(C(NN)C(=O)N2CCC(O)C2)CCNCC1. The smallest absolute Gasteiger partial charge is 0.241 e. The van der Waals surface area contributed by atoms with Crippen molar-refractivity contribution in [3.63, 3.8) is 0 Å². The predicted octanol–water partition coefficient (Wildman–Crippen LogP) is -1.20. The second-order valence-electron chi connectivity index (χ2n) is 5.73. The van der Waals surface area contributed by atoms with Crippen LogP contribution in [0.25, 0.3) is 0 Å². The Labute approximate surface area is 108 Å². The van der Waals surface area contributed by atoms with Gasteiger partial charge >= 0.3 is 0 Å². The number of likely N-dealkylation sites (tertiary alicyclic amines) is 1. The van der Waals surface area contributed by atoms with Gasteiger partial charge in [-0.05, 0) is 37.8 Å². The molecule has 2 heterocycles. The highest BCUT2D eigenvalue weighted by Gasteiger charge is 2.42. The summed E-state index contributed by atoms with van der Waals surface area (Å²) in [6, 6.07) is -0.357. The van der Waals surface area contributed by atoms with E-state index in [-0.39, 0.29) is 23.5 Å². The quantitative estimate of drug-likeness (QED) is 0.376. The summed E-state index contributed by atoms with van der Waals surface area (Å²) in [5, 5.41) is 12.8. The first-order valence-electron chi connectivity index (χ1n) is 6.70. The van der Waals surface area contributed by atoms with Crippen LogP contribution in [0.15, 0.2) is 0 Å². The zero-order chi connectivity index (χ0) is 13.2. The van der Waals surface area contributed by atoms with Crippen molar-refractivity contribution in [1.29, 1.82) is 0 Å². The van der Waals surface area contributed by atoms with Crippen LogP contribution in [-0.4, -0.2) is 54.2 Å². The van der Waals surface area contributed by atoms with E-state index in [4.69, 9.17) is 5.84 Å². The van der Waals surface area contributed by atoms with Gasteiger partial charge in [0.25, 0.3) is 0 Å². The standard InChI is InChI=1S/C12H24N4O2/c1-12(3-5-14-6-4-12)10(15-13)11(18)16-7-2-9(17)8-16/h9-10,14-15,17H,2-8,13H2,1H3. The van der Waals surface area contributed by atoms with Crippen LogP contribution >= 0.6 is 0 Å². The number of hydrogen-bond acceptors (Lipinski definition) is 5. The first-order chi connectivity index (χ1) is 8.57. The molecule has 6 nitrogen and oxygen atoms in total. The number of nitrogens with one attached hydrogen (secondary N) is 2. The first-order valence-corrected chi connectivity index (χ1v) is 6.70. The van der Waals surface area contributed by atoms with E-state index in [0.29, 0.717) is 19.5 Å². The van der Waals surface area contributed by atoms with Gasteiger partial charge in [-0.2, -0.15) is 0 Å². The van der Waals surface area contributed by atoms with Crippen LogP contribution in [0.3, 0.4) is 0 Å². The number of aliphatic hydroxyl groups excluding tert-OH is 1. The monoisotopic (exact) mass is 256 g/mol. The molecule has 5 N–H and O–H groups in total. The fourth-order valence-corrected chi connectivity index (χ4v) is 2.98. The van der Waals surface area contributed by atoms with Crippen LogP contribution in [0.2, 0.25) is 0 Å². The van der Waals surface area contributed by atoms with E-state index in [1.165, 1.54) is 0 Å². The molecule has 2 fully saturated rings. The summed E-state index contributed by atoms with van der Waals surface area (Å²) in [6.07, 6.45) is 2.16. The van der Waals surface area contributed by atoms with Gasteiger partial charge in [0.15, 0.2) is 0 Å². The Kier molecular flexibility index (Phi) is 4.21.